The maximum absolute atomic E-state index is 11.7. The minimum atomic E-state index is -0.479. The fraction of sp³-hybridized carbons (Fsp3) is 0.250. The van der Waals surface area contributed by atoms with Gasteiger partial charge in [0.15, 0.2) is 0 Å². The van der Waals surface area contributed by atoms with Crippen LogP contribution < -0.4 is 16.0 Å². The molecule has 1 atom stereocenters. The van der Waals surface area contributed by atoms with Crippen LogP contribution in [-0.2, 0) is 11.3 Å². The van der Waals surface area contributed by atoms with E-state index < -0.39 is 6.03 Å². The molecule has 0 radical (unpaired) electrons. The molecule has 2 rings (SSSR count). The Morgan fingerprint density at radius 2 is 1.91 bits per heavy atom. The van der Waals surface area contributed by atoms with Crippen molar-refractivity contribution in [1.82, 2.24) is 16.0 Å². The highest BCUT2D eigenvalue weighted by Gasteiger charge is 2.10. The van der Waals surface area contributed by atoms with Crippen LogP contribution in [0.25, 0.3) is 0 Å². The van der Waals surface area contributed by atoms with Gasteiger partial charge in [-0.15, -0.1) is 11.3 Å². The van der Waals surface area contributed by atoms with Gasteiger partial charge in [0, 0.05) is 10.9 Å². The Morgan fingerprint density at radius 3 is 2.59 bits per heavy atom. The second-order valence-corrected chi connectivity index (χ2v) is 5.86. The Morgan fingerprint density at radius 1 is 1.14 bits per heavy atom. The Bertz CT molecular complexity index is 599. The molecular weight excluding hydrogens is 298 g/mol. The van der Waals surface area contributed by atoms with Gasteiger partial charge in [-0.05, 0) is 23.9 Å². The molecule has 0 bridgehead atoms. The summed E-state index contributed by atoms with van der Waals surface area (Å²) in [5.41, 5.74) is 1.09. The summed E-state index contributed by atoms with van der Waals surface area (Å²) in [6, 6.07) is 13.2. The molecule has 3 amide bonds. The summed E-state index contributed by atoms with van der Waals surface area (Å²) >= 11 is 1.56. The van der Waals surface area contributed by atoms with Crippen molar-refractivity contribution in [3.63, 3.8) is 0 Å². The highest BCUT2D eigenvalue weighted by atomic mass is 32.1. The van der Waals surface area contributed by atoms with Crippen LogP contribution in [-0.4, -0.2) is 18.5 Å². The first-order valence-electron chi connectivity index (χ1n) is 7.03. The molecule has 0 aliphatic rings. The Labute approximate surface area is 133 Å². The molecule has 5 nitrogen and oxygen atoms in total. The molecule has 0 spiro atoms. The maximum atomic E-state index is 11.7. The number of carbonyl (C=O) groups is 2. The fourth-order valence-corrected chi connectivity index (χ4v) is 2.55. The van der Waals surface area contributed by atoms with Crippen LogP contribution in [0.3, 0.4) is 0 Å². The largest absolute Gasteiger partial charge is 0.333 e. The minimum absolute atomic E-state index is 0.0427. The fourth-order valence-electron chi connectivity index (χ4n) is 1.90. The molecule has 0 unspecified atom stereocenters. The van der Waals surface area contributed by atoms with Crippen molar-refractivity contribution < 1.29 is 9.59 Å². The quantitative estimate of drug-likeness (QED) is 0.766. The van der Waals surface area contributed by atoms with Gasteiger partial charge in [0.2, 0.25) is 5.91 Å². The highest BCUT2D eigenvalue weighted by molar-refractivity contribution is 7.09. The number of nitrogens with one attached hydrogen (secondary N) is 3. The van der Waals surface area contributed by atoms with Crippen molar-refractivity contribution in [2.45, 2.75) is 19.5 Å². The summed E-state index contributed by atoms with van der Waals surface area (Å²) in [6.07, 6.45) is 0. The topological polar surface area (TPSA) is 70.2 Å². The van der Waals surface area contributed by atoms with Crippen LogP contribution in [0.2, 0.25) is 0 Å². The number of hydrogen-bond donors (Lipinski definition) is 3. The van der Waals surface area contributed by atoms with E-state index in [0.717, 1.165) is 10.4 Å². The van der Waals surface area contributed by atoms with Gasteiger partial charge in [0.1, 0.15) is 0 Å². The van der Waals surface area contributed by atoms with Gasteiger partial charge in [0.05, 0.1) is 13.1 Å². The van der Waals surface area contributed by atoms with Crippen molar-refractivity contribution >= 4 is 23.3 Å². The van der Waals surface area contributed by atoms with Crippen LogP contribution in [0, 0.1) is 0 Å². The molecule has 116 valence electrons. The van der Waals surface area contributed by atoms with E-state index in [1.807, 2.05) is 54.8 Å². The van der Waals surface area contributed by atoms with Crippen molar-refractivity contribution in [3.05, 3.63) is 58.3 Å². The third-order valence-corrected chi connectivity index (χ3v) is 4.00. The van der Waals surface area contributed by atoms with Gasteiger partial charge in [-0.2, -0.15) is 0 Å². The molecule has 0 aliphatic heterocycles. The predicted octanol–water partition coefficient (Wildman–Crippen LogP) is 2.42. The number of rotatable bonds is 6. The first-order chi connectivity index (χ1) is 10.6. The zero-order chi connectivity index (χ0) is 15.8. The van der Waals surface area contributed by atoms with E-state index in [0.29, 0.717) is 6.54 Å². The van der Waals surface area contributed by atoms with Gasteiger partial charge >= 0.3 is 6.03 Å². The molecule has 3 N–H and O–H groups in total. The average molecular weight is 317 g/mol. The molecule has 1 aromatic carbocycles. The Kier molecular flexibility index (Phi) is 6.12. The first-order valence-corrected chi connectivity index (χ1v) is 7.91. The van der Waals surface area contributed by atoms with Crippen LogP contribution in [0.1, 0.15) is 23.4 Å². The maximum Gasteiger partial charge on any atom is 0.321 e. The van der Waals surface area contributed by atoms with Crippen LogP contribution >= 0.6 is 11.3 Å². The van der Waals surface area contributed by atoms with Gasteiger partial charge in [-0.1, -0.05) is 36.4 Å². The minimum Gasteiger partial charge on any atom is -0.333 e. The molecule has 0 aliphatic carbocycles. The predicted molar refractivity (Wildman–Crippen MR) is 87.6 cm³/mol. The number of carbonyl (C=O) groups excluding carboxylic acids is 2. The molecule has 1 aromatic heterocycles. The Hall–Kier alpha value is -2.18. The van der Waals surface area contributed by atoms with E-state index in [4.69, 9.17) is 0 Å². The van der Waals surface area contributed by atoms with Crippen LogP contribution in [0.5, 0.6) is 0 Å². The second-order valence-electron chi connectivity index (χ2n) is 4.82. The zero-order valence-corrected chi connectivity index (χ0v) is 13.2. The lowest BCUT2D eigenvalue weighted by molar-refractivity contribution is -0.119. The van der Waals surface area contributed by atoms with Gasteiger partial charge in [0.25, 0.3) is 0 Å². The number of benzene rings is 1. The number of amides is 3. The normalized spacial score (nSPS) is 11.7. The van der Waals surface area contributed by atoms with Gasteiger partial charge in [-0.25, -0.2) is 4.79 Å². The molecule has 0 fully saturated rings. The summed E-state index contributed by atoms with van der Waals surface area (Å²) in [5.74, 6) is -0.355. The van der Waals surface area contributed by atoms with Gasteiger partial charge < -0.3 is 10.6 Å². The van der Waals surface area contributed by atoms with E-state index >= 15 is 0 Å². The van der Waals surface area contributed by atoms with E-state index in [1.165, 1.54) is 0 Å². The summed E-state index contributed by atoms with van der Waals surface area (Å²) in [4.78, 5) is 24.4. The van der Waals surface area contributed by atoms with Crippen molar-refractivity contribution in [1.29, 1.82) is 0 Å². The summed E-state index contributed by atoms with van der Waals surface area (Å²) < 4.78 is 0. The Balaban J connectivity index is 1.68. The molecule has 0 saturated heterocycles. The third kappa shape index (κ3) is 5.31. The molecule has 22 heavy (non-hydrogen) atoms. The van der Waals surface area contributed by atoms with Crippen molar-refractivity contribution in [2.24, 2.45) is 0 Å². The van der Waals surface area contributed by atoms with E-state index in [-0.39, 0.29) is 18.5 Å². The van der Waals surface area contributed by atoms with E-state index in [1.54, 1.807) is 11.3 Å². The lowest BCUT2D eigenvalue weighted by Gasteiger charge is -2.13. The summed E-state index contributed by atoms with van der Waals surface area (Å²) in [7, 11) is 0. The molecule has 1 heterocycles. The SMILES string of the molecule is C[C@@H](NCC(=O)NC(=O)NCc1cccs1)c1ccccc1. The van der Waals surface area contributed by atoms with Crippen LogP contribution in [0.4, 0.5) is 4.79 Å². The second kappa shape index (κ2) is 8.31. The number of imide groups is 1. The third-order valence-electron chi connectivity index (χ3n) is 3.12. The number of thiophene rings is 1. The monoisotopic (exact) mass is 317 g/mol. The summed E-state index contributed by atoms with van der Waals surface area (Å²) in [5, 5.41) is 9.97. The van der Waals surface area contributed by atoms with E-state index in [9.17, 15) is 9.59 Å². The zero-order valence-electron chi connectivity index (χ0n) is 12.3. The van der Waals surface area contributed by atoms with Crippen molar-refractivity contribution in [2.75, 3.05) is 6.54 Å². The lowest BCUT2D eigenvalue weighted by Crippen LogP contribution is -2.43. The smallest absolute Gasteiger partial charge is 0.321 e. The lowest BCUT2D eigenvalue weighted by atomic mass is 10.1. The standard InChI is InChI=1S/C16H19N3O2S/c1-12(13-6-3-2-4-7-13)17-11-15(20)19-16(21)18-10-14-8-5-9-22-14/h2-9,12,17H,10-11H2,1H3,(H2,18,19,20,21)/t12-/m1/s1. The molecule has 6 heteroatoms. The molecule has 2 aromatic rings. The molecule has 0 saturated carbocycles. The average Bonchev–Trinajstić information content (AvgIpc) is 3.05. The number of urea groups is 1. The van der Waals surface area contributed by atoms with Crippen LogP contribution in [0.15, 0.2) is 47.8 Å². The number of hydrogen-bond acceptors (Lipinski definition) is 4. The summed E-state index contributed by atoms with van der Waals surface area (Å²) in [6.45, 7) is 2.48. The highest BCUT2D eigenvalue weighted by Crippen LogP contribution is 2.10. The van der Waals surface area contributed by atoms with Gasteiger partial charge in [-0.3, -0.25) is 10.1 Å². The van der Waals surface area contributed by atoms with Crippen molar-refractivity contribution in [3.8, 4) is 0 Å². The first kappa shape index (κ1) is 16.2. The molecular formula is C16H19N3O2S. The van der Waals surface area contributed by atoms with E-state index in [2.05, 4.69) is 16.0 Å².